The van der Waals surface area contributed by atoms with Crippen molar-refractivity contribution in [2.45, 2.75) is 18.9 Å². The minimum atomic E-state index is -0.522. The van der Waals surface area contributed by atoms with E-state index >= 15 is 0 Å². The maximum atomic E-state index is 11.8. The topological polar surface area (TPSA) is 75.9 Å². The molecular weight excluding hydrogens is 210 g/mol. The fraction of sp³-hybridized carbons (Fsp3) is 0.800. The van der Waals surface area contributed by atoms with Gasteiger partial charge in [0, 0.05) is 12.6 Å². The molecule has 2 amide bonds. The van der Waals surface area contributed by atoms with Crippen LogP contribution in [0.1, 0.15) is 12.8 Å². The van der Waals surface area contributed by atoms with E-state index in [-0.39, 0.29) is 18.5 Å². The third-order valence-corrected chi connectivity index (χ3v) is 2.96. The van der Waals surface area contributed by atoms with Gasteiger partial charge in [-0.1, -0.05) is 0 Å². The first-order chi connectivity index (χ1) is 7.66. The summed E-state index contributed by atoms with van der Waals surface area (Å²) in [5.41, 5.74) is 5.82. The van der Waals surface area contributed by atoms with E-state index in [2.05, 4.69) is 0 Å². The van der Waals surface area contributed by atoms with Crippen molar-refractivity contribution in [1.29, 1.82) is 0 Å². The molecule has 16 heavy (non-hydrogen) atoms. The quantitative estimate of drug-likeness (QED) is 0.681. The SMILES string of the molecule is NC1CCCN(CC(=O)N2CCOC2=O)C1. The third-order valence-electron chi connectivity index (χ3n) is 2.96. The largest absolute Gasteiger partial charge is 0.447 e. The average Bonchev–Trinajstić information content (AvgIpc) is 2.64. The van der Waals surface area contributed by atoms with Gasteiger partial charge in [0.05, 0.1) is 13.1 Å². The van der Waals surface area contributed by atoms with Crippen LogP contribution in [0.4, 0.5) is 4.79 Å². The van der Waals surface area contributed by atoms with E-state index in [0.717, 1.165) is 25.9 Å². The van der Waals surface area contributed by atoms with Crippen LogP contribution < -0.4 is 5.73 Å². The van der Waals surface area contributed by atoms with Crippen LogP contribution in [0.25, 0.3) is 0 Å². The molecule has 2 heterocycles. The van der Waals surface area contributed by atoms with Gasteiger partial charge in [0.2, 0.25) is 5.91 Å². The summed E-state index contributed by atoms with van der Waals surface area (Å²) in [7, 11) is 0. The molecule has 2 saturated heterocycles. The summed E-state index contributed by atoms with van der Waals surface area (Å²) in [5.74, 6) is -0.184. The molecule has 1 atom stereocenters. The molecular formula is C10H17N3O3. The van der Waals surface area contributed by atoms with Gasteiger partial charge in [0.25, 0.3) is 0 Å². The lowest BCUT2D eigenvalue weighted by Gasteiger charge is -2.30. The van der Waals surface area contributed by atoms with Gasteiger partial charge in [-0.2, -0.15) is 0 Å². The molecule has 2 aliphatic heterocycles. The maximum absolute atomic E-state index is 11.8. The predicted molar refractivity (Wildman–Crippen MR) is 56.7 cm³/mol. The van der Waals surface area contributed by atoms with Gasteiger partial charge in [0.1, 0.15) is 6.61 Å². The highest BCUT2D eigenvalue weighted by Crippen LogP contribution is 2.10. The smallest absolute Gasteiger partial charge is 0.416 e. The standard InChI is InChI=1S/C10H17N3O3/c11-8-2-1-3-12(6-8)7-9(14)13-4-5-16-10(13)15/h8H,1-7,11H2. The minimum absolute atomic E-state index is 0.145. The first-order valence-electron chi connectivity index (χ1n) is 5.62. The van der Waals surface area contributed by atoms with Gasteiger partial charge < -0.3 is 10.5 Å². The van der Waals surface area contributed by atoms with Crippen LogP contribution in [0, 0.1) is 0 Å². The lowest BCUT2D eigenvalue weighted by Crippen LogP contribution is -2.48. The summed E-state index contributed by atoms with van der Waals surface area (Å²) in [6.07, 6.45) is 1.50. The highest BCUT2D eigenvalue weighted by Gasteiger charge is 2.30. The first-order valence-corrected chi connectivity index (χ1v) is 5.62. The zero-order valence-corrected chi connectivity index (χ0v) is 9.22. The highest BCUT2D eigenvalue weighted by atomic mass is 16.6. The maximum Gasteiger partial charge on any atom is 0.416 e. The van der Waals surface area contributed by atoms with E-state index in [1.54, 1.807) is 0 Å². The molecule has 0 bridgehead atoms. The van der Waals surface area contributed by atoms with Crippen molar-refractivity contribution >= 4 is 12.0 Å². The number of rotatable bonds is 2. The monoisotopic (exact) mass is 227 g/mol. The van der Waals surface area contributed by atoms with Crippen LogP contribution in [-0.4, -0.2) is 60.6 Å². The lowest BCUT2D eigenvalue weighted by molar-refractivity contribution is -0.129. The van der Waals surface area contributed by atoms with Crippen molar-refractivity contribution in [2.75, 3.05) is 32.8 Å². The number of nitrogens with two attached hydrogens (primary N) is 1. The van der Waals surface area contributed by atoms with Gasteiger partial charge in [-0.25, -0.2) is 9.69 Å². The molecule has 6 heteroatoms. The number of carbonyl (C=O) groups excluding carboxylic acids is 2. The van der Waals surface area contributed by atoms with Crippen molar-refractivity contribution in [2.24, 2.45) is 5.73 Å². The Hall–Kier alpha value is -1.14. The molecule has 0 aromatic rings. The van der Waals surface area contributed by atoms with E-state index in [4.69, 9.17) is 10.5 Å². The normalized spacial score (nSPS) is 26.9. The van der Waals surface area contributed by atoms with Crippen molar-refractivity contribution in [1.82, 2.24) is 9.80 Å². The summed E-state index contributed by atoms with van der Waals surface area (Å²) in [4.78, 5) is 26.1. The van der Waals surface area contributed by atoms with Gasteiger partial charge in [0.15, 0.2) is 0 Å². The molecule has 0 saturated carbocycles. The second-order valence-electron chi connectivity index (χ2n) is 4.30. The molecule has 0 spiro atoms. The second kappa shape index (κ2) is 4.80. The van der Waals surface area contributed by atoms with Crippen molar-refractivity contribution in [3.05, 3.63) is 0 Å². The molecule has 0 radical (unpaired) electrons. The van der Waals surface area contributed by atoms with Crippen LogP contribution in [0.15, 0.2) is 0 Å². The lowest BCUT2D eigenvalue weighted by atomic mass is 10.1. The van der Waals surface area contributed by atoms with Gasteiger partial charge in [-0.05, 0) is 19.4 Å². The van der Waals surface area contributed by atoms with Gasteiger partial charge >= 0.3 is 6.09 Å². The molecule has 0 aromatic carbocycles. The van der Waals surface area contributed by atoms with Crippen LogP contribution >= 0.6 is 0 Å². The zero-order valence-electron chi connectivity index (χ0n) is 9.22. The van der Waals surface area contributed by atoms with Crippen LogP contribution in [-0.2, 0) is 9.53 Å². The number of hydrogen-bond donors (Lipinski definition) is 1. The van der Waals surface area contributed by atoms with E-state index in [9.17, 15) is 9.59 Å². The van der Waals surface area contributed by atoms with Crippen molar-refractivity contribution in [3.8, 4) is 0 Å². The van der Waals surface area contributed by atoms with Gasteiger partial charge in [-0.15, -0.1) is 0 Å². The molecule has 2 N–H and O–H groups in total. The molecule has 1 unspecified atom stereocenters. The number of ether oxygens (including phenoxy) is 1. The highest BCUT2D eigenvalue weighted by molar-refractivity contribution is 5.94. The van der Waals surface area contributed by atoms with E-state index in [1.165, 1.54) is 4.90 Å². The Morgan fingerprint density at radius 1 is 1.50 bits per heavy atom. The molecule has 0 aromatic heterocycles. The predicted octanol–water partition coefficient (Wildman–Crippen LogP) is -0.612. The Labute approximate surface area is 94.3 Å². The molecule has 2 fully saturated rings. The van der Waals surface area contributed by atoms with Gasteiger partial charge in [-0.3, -0.25) is 9.69 Å². The van der Waals surface area contributed by atoms with Crippen LogP contribution in [0.3, 0.4) is 0 Å². The Morgan fingerprint density at radius 3 is 2.94 bits per heavy atom. The zero-order chi connectivity index (χ0) is 11.5. The summed E-state index contributed by atoms with van der Waals surface area (Å²) < 4.78 is 4.72. The average molecular weight is 227 g/mol. The summed E-state index contributed by atoms with van der Waals surface area (Å²) in [6, 6.07) is 0.145. The number of nitrogens with zero attached hydrogens (tertiary/aromatic N) is 2. The molecule has 90 valence electrons. The number of piperidine rings is 1. The Bertz CT molecular complexity index is 295. The Morgan fingerprint density at radius 2 is 2.31 bits per heavy atom. The van der Waals surface area contributed by atoms with E-state index in [1.807, 2.05) is 4.90 Å². The molecule has 0 aliphatic carbocycles. The Kier molecular flexibility index (Phi) is 3.40. The van der Waals surface area contributed by atoms with Crippen molar-refractivity contribution < 1.29 is 14.3 Å². The fourth-order valence-corrected chi connectivity index (χ4v) is 2.13. The van der Waals surface area contributed by atoms with E-state index in [0.29, 0.717) is 13.2 Å². The van der Waals surface area contributed by atoms with E-state index < -0.39 is 6.09 Å². The van der Waals surface area contributed by atoms with Crippen molar-refractivity contribution in [3.63, 3.8) is 0 Å². The van der Waals surface area contributed by atoms with Crippen LogP contribution in [0.5, 0.6) is 0 Å². The second-order valence-corrected chi connectivity index (χ2v) is 4.30. The molecule has 6 nitrogen and oxygen atoms in total. The molecule has 2 aliphatic rings. The molecule has 2 rings (SSSR count). The third kappa shape index (κ3) is 2.51. The summed E-state index contributed by atoms with van der Waals surface area (Å²) in [6.45, 7) is 2.56. The first kappa shape index (κ1) is 11.3. The number of imide groups is 1. The number of amides is 2. The van der Waals surface area contributed by atoms with Crippen LogP contribution in [0.2, 0.25) is 0 Å². The number of hydrogen-bond acceptors (Lipinski definition) is 5. The number of likely N-dealkylation sites (tertiary alicyclic amines) is 1. The number of cyclic esters (lactones) is 1. The Balaban J connectivity index is 1.84. The fourth-order valence-electron chi connectivity index (χ4n) is 2.13. The number of carbonyl (C=O) groups is 2. The minimum Gasteiger partial charge on any atom is -0.447 e. The summed E-state index contributed by atoms with van der Waals surface area (Å²) >= 11 is 0. The summed E-state index contributed by atoms with van der Waals surface area (Å²) in [5, 5.41) is 0.